The first-order valence-electron chi connectivity index (χ1n) is 5.37. The average Bonchev–Trinajstić information content (AvgIpc) is 2.91. The molecule has 1 N–H and O–H groups in total. The molecule has 1 aliphatic heterocycles. The van der Waals surface area contributed by atoms with Crippen molar-refractivity contribution in [2.24, 2.45) is 0 Å². The zero-order valence-corrected chi connectivity index (χ0v) is 12.1. The van der Waals surface area contributed by atoms with Gasteiger partial charge in [-0.2, -0.15) is 0 Å². The summed E-state index contributed by atoms with van der Waals surface area (Å²) in [7, 11) is 0. The van der Waals surface area contributed by atoms with Gasteiger partial charge in [-0.15, -0.1) is 22.7 Å². The van der Waals surface area contributed by atoms with Crippen LogP contribution >= 0.6 is 34.3 Å². The molecule has 0 bridgehead atoms. The SMILES string of the molecule is Cc1nc(-c2sc(Cl)c3c2OCCO3)sc1C(=O)O. The third-order valence-electron chi connectivity index (χ3n) is 2.54. The molecule has 0 radical (unpaired) electrons. The molecule has 0 aliphatic carbocycles. The van der Waals surface area contributed by atoms with E-state index >= 15 is 0 Å². The van der Waals surface area contributed by atoms with Crippen molar-refractivity contribution in [3.8, 4) is 21.4 Å². The largest absolute Gasteiger partial charge is 0.484 e. The summed E-state index contributed by atoms with van der Waals surface area (Å²) in [5.41, 5.74) is 0.488. The lowest BCUT2D eigenvalue weighted by Gasteiger charge is -2.15. The zero-order chi connectivity index (χ0) is 13.6. The molecule has 3 rings (SSSR count). The predicted molar refractivity (Wildman–Crippen MR) is 73.1 cm³/mol. The first kappa shape index (κ1) is 12.7. The van der Waals surface area contributed by atoms with Gasteiger partial charge in [-0.1, -0.05) is 11.6 Å². The second-order valence-electron chi connectivity index (χ2n) is 3.80. The van der Waals surface area contributed by atoms with Gasteiger partial charge in [0.1, 0.15) is 32.3 Å². The molecule has 2 aromatic heterocycles. The first-order valence-corrected chi connectivity index (χ1v) is 7.38. The highest BCUT2D eigenvalue weighted by Crippen LogP contribution is 2.52. The standard InChI is InChI=1S/C11H8ClNO4S2/c1-4-7(11(14)15)19-10(13-4)8-5-6(9(12)18-8)17-3-2-16-5/h2-3H2,1H3,(H,14,15). The summed E-state index contributed by atoms with van der Waals surface area (Å²) >= 11 is 8.50. The highest BCUT2D eigenvalue weighted by molar-refractivity contribution is 7.25. The van der Waals surface area contributed by atoms with Crippen molar-refractivity contribution in [2.75, 3.05) is 13.2 Å². The second-order valence-corrected chi connectivity index (χ2v) is 6.42. The Morgan fingerprint density at radius 2 is 2.00 bits per heavy atom. The van der Waals surface area contributed by atoms with Crippen LogP contribution in [0.3, 0.4) is 0 Å². The molecule has 5 nitrogen and oxygen atoms in total. The maximum Gasteiger partial charge on any atom is 0.347 e. The molecular weight excluding hydrogens is 310 g/mol. The molecule has 0 atom stereocenters. The molecule has 0 spiro atoms. The third kappa shape index (κ3) is 2.07. The van der Waals surface area contributed by atoms with Crippen LogP contribution in [0, 0.1) is 6.92 Å². The normalized spacial score (nSPS) is 13.6. The number of hydrogen-bond donors (Lipinski definition) is 1. The first-order chi connectivity index (χ1) is 9.08. The molecule has 0 fully saturated rings. The fraction of sp³-hybridized carbons (Fsp3) is 0.273. The van der Waals surface area contributed by atoms with Gasteiger partial charge >= 0.3 is 5.97 Å². The number of thiazole rings is 1. The van der Waals surface area contributed by atoms with Crippen LogP contribution in [0.5, 0.6) is 11.5 Å². The minimum absolute atomic E-state index is 0.227. The Bertz CT molecular complexity index is 664. The van der Waals surface area contributed by atoms with Gasteiger partial charge in [0, 0.05) is 0 Å². The van der Waals surface area contributed by atoms with Crippen molar-refractivity contribution in [3.05, 3.63) is 14.9 Å². The number of aromatic carboxylic acids is 1. The monoisotopic (exact) mass is 317 g/mol. The minimum Gasteiger partial charge on any atom is -0.484 e. The van der Waals surface area contributed by atoms with Gasteiger partial charge in [0.25, 0.3) is 0 Å². The van der Waals surface area contributed by atoms with E-state index in [0.29, 0.717) is 39.8 Å². The van der Waals surface area contributed by atoms with Crippen LogP contribution in [-0.2, 0) is 0 Å². The number of aromatic nitrogens is 1. The van der Waals surface area contributed by atoms with E-state index in [9.17, 15) is 4.79 Å². The van der Waals surface area contributed by atoms with Crippen molar-refractivity contribution in [1.29, 1.82) is 0 Å². The Morgan fingerprint density at radius 1 is 1.32 bits per heavy atom. The van der Waals surface area contributed by atoms with E-state index in [1.54, 1.807) is 6.92 Å². The maximum atomic E-state index is 11.1. The number of aryl methyl sites for hydroxylation is 1. The number of ether oxygens (including phenoxy) is 2. The summed E-state index contributed by atoms with van der Waals surface area (Å²) < 4.78 is 11.5. The van der Waals surface area contributed by atoms with Crippen LogP contribution in [0.4, 0.5) is 0 Å². The lowest BCUT2D eigenvalue weighted by Crippen LogP contribution is -2.14. The number of carbonyl (C=O) groups is 1. The molecule has 0 amide bonds. The van der Waals surface area contributed by atoms with E-state index < -0.39 is 5.97 Å². The van der Waals surface area contributed by atoms with Crippen molar-refractivity contribution >= 4 is 40.2 Å². The molecule has 100 valence electrons. The average molecular weight is 318 g/mol. The fourth-order valence-corrected chi connectivity index (χ4v) is 4.01. The number of thiophene rings is 1. The van der Waals surface area contributed by atoms with E-state index in [-0.39, 0.29) is 4.88 Å². The van der Waals surface area contributed by atoms with Gasteiger partial charge < -0.3 is 14.6 Å². The van der Waals surface area contributed by atoms with Gasteiger partial charge in [0.15, 0.2) is 11.5 Å². The molecule has 2 aromatic rings. The summed E-state index contributed by atoms with van der Waals surface area (Å²) in [6, 6.07) is 0. The van der Waals surface area contributed by atoms with E-state index in [4.69, 9.17) is 26.2 Å². The second kappa shape index (κ2) is 4.66. The Morgan fingerprint density at radius 3 is 2.63 bits per heavy atom. The topological polar surface area (TPSA) is 68.7 Å². The maximum absolute atomic E-state index is 11.1. The summed E-state index contributed by atoms with van der Waals surface area (Å²) in [4.78, 5) is 16.3. The lowest BCUT2D eigenvalue weighted by molar-refractivity contribution is 0.0701. The number of rotatable bonds is 2. The van der Waals surface area contributed by atoms with Crippen molar-refractivity contribution in [2.45, 2.75) is 6.92 Å². The predicted octanol–water partition coefficient (Wildman–Crippen LogP) is 3.30. The van der Waals surface area contributed by atoms with E-state index in [2.05, 4.69) is 4.98 Å². The Balaban J connectivity index is 2.12. The number of nitrogens with zero attached hydrogens (tertiary/aromatic N) is 1. The Labute approximate surface area is 121 Å². The van der Waals surface area contributed by atoms with Gasteiger partial charge in [-0.05, 0) is 6.92 Å². The van der Waals surface area contributed by atoms with Gasteiger partial charge in [0.05, 0.1) is 5.69 Å². The smallest absolute Gasteiger partial charge is 0.347 e. The number of carboxylic acid groups (broad SMARTS) is 1. The minimum atomic E-state index is -0.977. The van der Waals surface area contributed by atoms with Gasteiger partial charge in [0.2, 0.25) is 0 Å². The molecule has 3 heterocycles. The van der Waals surface area contributed by atoms with Gasteiger partial charge in [-0.3, -0.25) is 0 Å². The number of hydrogen-bond acceptors (Lipinski definition) is 6. The van der Waals surface area contributed by atoms with Crippen LogP contribution in [-0.4, -0.2) is 29.3 Å². The quantitative estimate of drug-likeness (QED) is 0.920. The summed E-state index contributed by atoms with van der Waals surface area (Å²) in [6.07, 6.45) is 0. The molecular formula is C11H8ClNO4S2. The summed E-state index contributed by atoms with van der Waals surface area (Å²) in [6.45, 7) is 2.58. The molecule has 1 aliphatic rings. The number of halogens is 1. The molecule has 0 unspecified atom stereocenters. The van der Waals surface area contributed by atoms with Crippen LogP contribution in [0.15, 0.2) is 0 Å². The fourth-order valence-electron chi connectivity index (χ4n) is 1.75. The molecule has 0 saturated heterocycles. The van der Waals surface area contributed by atoms with Crippen LogP contribution in [0.2, 0.25) is 4.34 Å². The highest BCUT2D eigenvalue weighted by atomic mass is 35.5. The van der Waals surface area contributed by atoms with Crippen molar-refractivity contribution in [3.63, 3.8) is 0 Å². The van der Waals surface area contributed by atoms with Crippen molar-refractivity contribution < 1.29 is 19.4 Å². The van der Waals surface area contributed by atoms with E-state index in [1.165, 1.54) is 11.3 Å². The molecule has 0 saturated carbocycles. The Hall–Kier alpha value is -1.31. The van der Waals surface area contributed by atoms with E-state index in [1.807, 2.05) is 0 Å². The summed E-state index contributed by atoms with van der Waals surface area (Å²) in [5.74, 6) is 0.111. The van der Waals surface area contributed by atoms with Crippen LogP contribution in [0.25, 0.3) is 9.88 Å². The molecule has 19 heavy (non-hydrogen) atoms. The number of fused-ring (bicyclic) bond motifs is 1. The van der Waals surface area contributed by atoms with Crippen LogP contribution in [0.1, 0.15) is 15.4 Å². The van der Waals surface area contributed by atoms with Crippen LogP contribution < -0.4 is 9.47 Å². The van der Waals surface area contributed by atoms with Gasteiger partial charge in [-0.25, -0.2) is 9.78 Å². The van der Waals surface area contributed by atoms with Crippen molar-refractivity contribution in [1.82, 2.24) is 4.98 Å². The molecule has 8 heteroatoms. The van der Waals surface area contributed by atoms with E-state index in [0.717, 1.165) is 16.2 Å². The zero-order valence-electron chi connectivity index (χ0n) is 9.73. The summed E-state index contributed by atoms with van der Waals surface area (Å²) in [5, 5.41) is 9.65. The molecule has 0 aromatic carbocycles. The highest BCUT2D eigenvalue weighted by Gasteiger charge is 2.27. The third-order valence-corrected chi connectivity index (χ3v) is 5.19. The Kier molecular flexibility index (Phi) is 3.12. The lowest BCUT2D eigenvalue weighted by atomic mass is 10.3. The number of carboxylic acids is 1.